The number of benzene rings is 5. The van der Waals surface area contributed by atoms with E-state index in [0.29, 0.717) is 35.0 Å². The van der Waals surface area contributed by atoms with Crippen molar-refractivity contribution in [2.24, 2.45) is 0 Å². The van der Waals surface area contributed by atoms with Gasteiger partial charge in [-0.1, -0.05) is 24.3 Å². The van der Waals surface area contributed by atoms with Crippen molar-refractivity contribution in [2.75, 3.05) is 0 Å². The van der Waals surface area contributed by atoms with Crippen LogP contribution >= 0.6 is 0 Å². The van der Waals surface area contributed by atoms with E-state index in [2.05, 4.69) is 15.0 Å². The highest BCUT2D eigenvalue weighted by Gasteiger charge is 2.38. The summed E-state index contributed by atoms with van der Waals surface area (Å²) in [4.78, 5) is 13.0. The van der Waals surface area contributed by atoms with Gasteiger partial charge >= 0.3 is 24.7 Å². The third-order valence-electron chi connectivity index (χ3n) is 9.08. The Balaban J connectivity index is 1.59. The topological polar surface area (TPSA) is 67.4 Å². The average Bonchev–Trinajstić information content (AvgIpc) is 3.45. The van der Waals surface area contributed by atoms with Gasteiger partial charge in [0.1, 0.15) is 11.6 Å². The monoisotopic (exact) mass is 799 g/mol. The molecule has 0 N–H and O–H groups in total. The summed E-state index contributed by atoms with van der Waals surface area (Å²) in [5.41, 5.74) is -6.55. The van der Waals surface area contributed by atoms with Crippen molar-refractivity contribution in [3.8, 4) is 45.4 Å². The zero-order chi connectivity index (χ0) is 41.4. The van der Waals surface area contributed by atoms with E-state index in [1.807, 2.05) is 6.07 Å². The Kier molecular flexibility index (Phi) is 9.09. The highest BCUT2D eigenvalue weighted by atomic mass is 19.4. The smallest absolute Gasteiger partial charge is 0.308 e. The zero-order valence-electron chi connectivity index (χ0n) is 28.9. The molecule has 5 nitrogen and oxygen atoms in total. The highest BCUT2D eigenvalue weighted by molar-refractivity contribution is 6.11. The molecule has 0 unspecified atom stereocenters. The first-order valence-corrected chi connectivity index (χ1v) is 16.4. The van der Waals surface area contributed by atoms with Gasteiger partial charge in [0.25, 0.3) is 0 Å². The fourth-order valence-corrected chi connectivity index (χ4v) is 6.60. The van der Waals surface area contributed by atoms with Crippen molar-refractivity contribution < 1.29 is 52.7 Å². The molecule has 0 aliphatic rings. The molecule has 0 saturated carbocycles. The van der Waals surface area contributed by atoms with E-state index in [-0.39, 0.29) is 68.6 Å². The molecule has 5 aromatic carbocycles. The number of fused-ring (bicyclic) bond motifs is 3. The summed E-state index contributed by atoms with van der Waals surface area (Å²) in [5, 5.41) is 10.5. The maximum absolute atomic E-state index is 13.9. The second-order valence-electron chi connectivity index (χ2n) is 13.0. The molecule has 290 valence electrons. The maximum atomic E-state index is 13.9. The van der Waals surface area contributed by atoms with E-state index >= 15 is 0 Å². The molecular weight excluding hydrogens is 778 g/mol. The maximum Gasteiger partial charge on any atom is 0.416 e. The van der Waals surface area contributed by atoms with Gasteiger partial charge in [-0.05, 0) is 103 Å². The zero-order valence-corrected chi connectivity index (χ0v) is 28.9. The van der Waals surface area contributed by atoms with Crippen molar-refractivity contribution in [2.45, 2.75) is 38.6 Å². The van der Waals surface area contributed by atoms with Crippen molar-refractivity contribution >= 4 is 21.8 Å². The van der Waals surface area contributed by atoms with Gasteiger partial charge in [0.2, 0.25) is 0 Å². The second kappa shape index (κ2) is 13.4. The van der Waals surface area contributed by atoms with Crippen molar-refractivity contribution in [3.05, 3.63) is 130 Å². The minimum absolute atomic E-state index is 0.0136. The molecule has 0 fully saturated rings. The fourth-order valence-electron chi connectivity index (χ4n) is 6.60. The summed E-state index contributed by atoms with van der Waals surface area (Å²) in [5.74, 6) is 0.593. The summed E-state index contributed by atoms with van der Waals surface area (Å²) in [6, 6.07) is 16.5. The second-order valence-corrected chi connectivity index (χ2v) is 13.0. The molecule has 0 aliphatic carbocycles. The van der Waals surface area contributed by atoms with Gasteiger partial charge in [-0.3, -0.25) is 0 Å². The van der Waals surface area contributed by atoms with Crippen LogP contribution in [0.4, 0.5) is 52.7 Å². The Labute approximate surface area is 313 Å². The molecule has 2 aromatic heterocycles. The molecule has 7 rings (SSSR count). The first kappa shape index (κ1) is 38.8. The normalized spacial score (nSPS) is 12.7. The molecule has 0 aliphatic heterocycles. The number of aryl methyl sites for hydroxylation is 2. The lowest BCUT2D eigenvalue weighted by molar-refractivity contribution is -0.144. The fraction of sp³-hybridized carbons (Fsp3) is 0.150. The SMILES string of the molecule is Cc1nc(C)nc(-c2cc(C#N)ccc2-n2c3cc(-c4cc(C(F)(F)F)cc(C(F)(F)F)c4)ccc3c3ccc(-c4cc(C(F)(F)F)cc(C(F)(F)F)c4)cc32)n1. The average molecular weight is 800 g/mol. The van der Waals surface area contributed by atoms with Crippen LogP contribution < -0.4 is 0 Å². The lowest BCUT2D eigenvalue weighted by Gasteiger charge is -2.16. The largest absolute Gasteiger partial charge is 0.416 e. The lowest BCUT2D eigenvalue weighted by atomic mass is 9.97. The predicted molar refractivity (Wildman–Crippen MR) is 185 cm³/mol. The summed E-state index contributed by atoms with van der Waals surface area (Å²) < 4.78 is 168. The minimum Gasteiger partial charge on any atom is -0.308 e. The number of alkyl halides is 12. The van der Waals surface area contributed by atoms with Crippen molar-refractivity contribution in [1.82, 2.24) is 19.5 Å². The van der Waals surface area contributed by atoms with E-state index in [0.717, 1.165) is 0 Å². The number of hydrogen-bond acceptors (Lipinski definition) is 4. The van der Waals surface area contributed by atoms with Crippen LogP contribution in [0.15, 0.2) is 91.0 Å². The van der Waals surface area contributed by atoms with Crippen LogP contribution in [0.25, 0.3) is 61.1 Å². The van der Waals surface area contributed by atoms with Crippen molar-refractivity contribution in [1.29, 1.82) is 5.26 Å². The van der Waals surface area contributed by atoms with Gasteiger partial charge in [0.15, 0.2) is 5.82 Å². The molecular formula is C40H21F12N5. The standard InChI is InChI=1S/C40H21F12N5/c1-19-54-20(2)56-36(55-19)32-9-21(18-53)3-8-33(32)57-34-14-22(24-10-26(37(41,42)43)16-27(11-24)38(44,45)46)4-6-30(34)31-7-5-23(15-35(31)57)25-12-28(39(47,48)49)17-29(13-25)40(50,51)52/h3-17H,1-2H3. The van der Waals surface area contributed by atoms with Gasteiger partial charge in [0.05, 0.1) is 50.6 Å². The van der Waals surface area contributed by atoms with Crippen LogP contribution in [-0.2, 0) is 24.7 Å². The van der Waals surface area contributed by atoms with Crippen LogP contribution in [-0.4, -0.2) is 19.5 Å². The van der Waals surface area contributed by atoms with Gasteiger partial charge in [-0.2, -0.15) is 57.9 Å². The number of aromatic nitrogens is 4. The molecule has 17 heteroatoms. The van der Waals surface area contributed by atoms with E-state index in [1.54, 1.807) is 13.8 Å². The first-order valence-electron chi connectivity index (χ1n) is 16.4. The highest BCUT2D eigenvalue weighted by Crippen LogP contribution is 2.44. The number of nitriles is 1. The Hall–Kier alpha value is -6.44. The first-order chi connectivity index (χ1) is 26.5. The molecule has 0 bridgehead atoms. The van der Waals surface area contributed by atoms with Crippen molar-refractivity contribution in [3.63, 3.8) is 0 Å². The summed E-state index contributed by atoms with van der Waals surface area (Å²) in [7, 11) is 0. The third kappa shape index (κ3) is 7.46. The number of nitrogens with zero attached hydrogens (tertiary/aromatic N) is 5. The quantitative estimate of drug-likeness (QED) is 0.166. The molecule has 7 aromatic rings. The summed E-state index contributed by atoms with van der Waals surface area (Å²) >= 11 is 0. The van der Waals surface area contributed by atoms with Crippen LogP contribution in [0.5, 0.6) is 0 Å². The van der Waals surface area contributed by atoms with Gasteiger partial charge in [-0.15, -0.1) is 0 Å². The number of hydrogen-bond donors (Lipinski definition) is 0. The molecule has 0 saturated heterocycles. The predicted octanol–water partition coefficient (Wildman–Crippen LogP) is 12.5. The molecule has 57 heavy (non-hydrogen) atoms. The Morgan fingerprint density at radius 2 is 0.877 bits per heavy atom. The van der Waals surface area contributed by atoms with Gasteiger partial charge < -0.3 is 4.57 Å². The lowest BCUT2D eigenvalue weighted by Crippen LogP contribution is -2.11. The molecule has 0 spiro atoms. The van der Waals surface area contributed by atoms with E-state index in [9.17, 15) is 57.9 Å². The molecule has 0 amide bonds. The minimum atomic E-state index is -5.15. The Morgan fingerprint density at radius 1 is 0.474 bits per heavy atom. The molecule has 0 radical (unpaired) electrons. The third-order valence-corrected chi connectivity index (χ3v) is 9.08. The van der Waals surface area contributed by atoms with Gasteiger partial charge in [-0.25, -0.2) is 15.0 Å². The van der Waals surface area contributed by atoms with Crippen LogP contribution in [0, 0.1) is 25.2 Å². The Bertz CT molecular complexity index is 2570. The van der Waals surface area contributed by atoms with E-state index < -0.39 is 58.1 Å². The van der Waals surface area contributed by atoms with Crippen LogP contribution in [0.1, 0.15) is 39.5 Å². The number of rotatable bonds is 4. The van der Waals surface area contributed by atoms with Crippen LogP contribution in [0.3, 0.4) is 0 Å². The van der Waals surface area contributed by atoms with Gasteiger partial charge in [0, 0.05) is 16.3 Å². The summed E-state index contributed by atoms with van der Waals surface area (Å²) in [6.45, 7) is 3.14. The molecule has 0 atom stereocenters. The Morgan fingerprint density at radius 3 is 1.25 bits per heavy atom. The number of halogens is 12. The van der Waals surface area contributed by atoms with Crippen LogP contribution in [0.2, 0.25) is 0 Å². The van der Waals surface area contributed by atoms with E-state index in [1.165, 1.54) is 59.2 Å². The molecule has 2 heterocycles. The van der Waals surface area contributed by atoms with E-state index in [4.69, 9.17) is 0 Å². The summed E-state index contributed by atoms with van der Waals surface area (Å²) in [6.07, 6.45) is -20.6.